The van der Waals surface area contributed by atoms with Crippen molar-refractivity contribution in [1.29, 1.82) is 0 Å². The van der Waals surface area contributed by atoms with Crippen LogP contribution in [-0.2, 0) is 50.6 Å². The number of rotatable bonds is 7. The van der Waals surface area contributed by atoms with Crippen molar-refractivity contribution in [3.63, 3.8) is 0 Å². The first-order valence-electron chi connectivity index (χ1n) is 21.4. The Bertz CT molecular complexity index is 2350. The third-order valence-electron chi connectivity index (χ3n) is 16.1. The molecule has 1 saturated carbocycles. The van der Waals surface area contributed by atoms with Gasteiger partial charge in [0.15, 0.2) is 6.10 Å². The smallest absolute Gasteiger partial charge is 0.344 e. The van der Waals surface area contributed by atoms with Gasteiger partial charge in [-0.3, -0.25) is 19.4 Å². The van der Waals surface area contributed by atoms with E-state index in [0.29, 0.717) is 56.0 Å². The van der Waals surface area contributed by atoms with Crippen molar-refractivity contribution in [2.45, 2.75) is 105 Å². The fraction of sp³-hybridized carbons (Fsp3) is 0.587. The Morgan fingerprint density at radius 3 is 2.47 bits per heavy atom. The first-order valence-corrected chi connectivity index (χ1v) is 21.4. The highest BCUT2D eigenvalue weighted by atomic mass is 16.6. The van der Waals surface area contributed by atoms with Crippen LogP contribution >= 0.6 is 0 Å². The van der Waals surface area contributed by atoms with E-state index < -0.39 is 63.7 Å². The van der Waals surface area contributed by atoms with Crippen LogP contribution in [0.15, 0.2) is 48.6 Å². The predicted molar refractivity (Wildman–Crippen MR) is 220 cm³/mol. The van der Waals surface area contributed by atoms with Crippen LogP contribution in [0.25, 0.3) is 10.9 Å². The second-order valence-electron chi connectivity index (χ2n) is 18.4. The van der Waals surface area contributed by atoms with E-state index in [1.807, 2.05) is 61.4 Å². The highest BCUT2D eigenvalue weighted by Crippen LogP contribution is 2.68. The molecule has 1 spiro atoms. The molecule has 2 bridgehead atoms. The van der Waals surface area contributed by atoms with Gasteiger partial charge in [0.25, 0.3) is 0 Å². The maximum Gasteiger partial charge on any atom is 0.344 e. The summed E-state index contributed by atoms with van der Waals surface area (Å²) in [6.45, 7) is 7.81. The summed E-state index contributed by atoms with van der Waals surface area (Å²) in [7, 11) is 6.11. The van der Waals surface area contributed by atoms with E-state index in [4.69, 9.17) is 23.7 Å². The largest absolute Gasteiger partial charge is 0.496 e. The molecule has 3 N–H and O–H groups in total. The summed E-state index contributed by atoms with van der Waals surface area (Å²) in [4.78, 5) is 53.0. The number of carbonyl (C=O) groups is 3. The number of fused-ring (bicyclic) bond motifs is 8. The van der Waals surface area contributed by atoms with E-state index >= 15 is 4.79 Å². The lowest BCUT2D eigenvalue weighted by molar-refractivity contribution is -0.228. The molecule has 6 aliphatic heterocycles. The average Bonchev–Trinajstić information content (AvgIpc) is 3.58. The Morgan fingerprint density at radius 1 is 1.00 bits per heavy atom. The molecule has 0 amide bonds. The van der Waals surface area contributed by atoms with Gasteiger partial charge in [0, 0.05) is 96.7 Å². The van der Waals surface area contributed by atoms with E-state index in [9.17, 15) is 19.8 Å². The van der Waals surface area contributed by atoms with Gasteiger partial charge in [-0.2, -0.15) is 0 Å². The number of H-pyrrole nitrogens is 1. The lowest BCUT2D eigenvalue weighted by Crippen LogP contribution is -2.81. The van der Waals surface area contributed by atoms with Gasteiger partial charge in [0.05, 0.1) is 33.5 Å². The highest BCUT2D eigenvalue weighted by Gasteiger charge is 2.80. The number of piperidine rings is 1. The Hall–Kier alpha value is -4.47. The zero-order chi connectivity index (χ0) is 42.3. The van der Waals surface area contributed by atoms with Crippen LogP contribution in [0.4, 0.5) is 5.69 Å². The minimum Gasteiger partial charge on any atom is -0.496 e. The minimum atomic E-state index is -2.32. The summed E-state index contributed by atoms with van der Waals surface area (Å²) >= 11 is 0. The minimum absolute atomic E-state index is 0.135. The molecule has 320 valence electrons. The lowest BCUT2D eigenvalue weighted by atomic mass is 9.47. The summed E-state index contributed by atoms with van der Waals surface area (Å²) in [5.74, 6) is -1.73. The maximum absolute atomic E-state index is 15.4. The van der Waals surface area contributed by atoms with Gasteiger partial charge < -0.3 is 43.8 Å². The van der Waals surface area contributed by atoms with Crippen LogP contribution in [0.2, 0.25) is 0 Å². The topological polar surface area (TPSA) is 167 Å². The lowest BCUT2D eigenvalue weighted by Gasteiger charge is -2.63. The molecule has 2 aromatic carbocycles. The molecule has 10 rings (SSSR count). The first-order chi connectivity index (χ1) is 28.8. The van der Waals surface area contributed by atoms with Crippen molar-refractivity contribution in [3.05, 3.63) is 70.9 Å². The second kappa shape index (κ2) is 13.3. The number of likely N-dealkylation sites (N-methyl/N-ethyl adjacent to an activating group) is 1. The number of anilines is 1. The quantitative estimate of drug-likeness (QED) is 0.138. The number of hydrogen-bond donors (Lipinski definition) is 3. The molecule has 3 saturated heterocycles. The van der Waals surface area contributed by atoms with Crippen molar-refractivity contribution < 1.29 is 48.3 Å². The summed E-state index contributed by atoms with van der Waals surface area (Å²) < 4.78 is 30.5. The van der Waals surface area contributed by atoms with Gasteiger partial charge in [-0.05, 0) is 55.5 Å². The van der Waals surface area contributed by atoms with Crippen molar-refractivity contribution in [2.75, 3.05) is 59.5 Å². The molecule has 3 aromatic rings. The number of methoxy groups -OCH3 is 3. The van der Waals surface area contributed by atoms with Gasteiger partial charge in [-0.1, -0.05) is 44.2 Å². The monoisotopic (exact) mass is 824 g/mol. The summed E-state index contributed by atoms with van der Waals surface area (Å²) in [6, 6.07) is 10.7. The molecule has 1 aromatic heterocycles. The van der Waals surface area contributed by atoms with Crippen molar-refractivity contribution in [3.8, 4) is 5.75 Å². The Kier molecular flexibility index (Phi) is 8.77. The molecule has 14 nitrogen and oxygen atoms in total. The van der Waals surface area contributed by atoms with Gasteiger partial charge in [0.1, 0.15) is 23.0 Å². The molecule has 14 heteroatoms. The Balaban J connectivity index is 1.28. The molecule has 7 heterocycles. The number of aliphatic hydroxyl groups excluding tert-OH is 1. The zero-order valence-electron chi connectivity index (χ0n) is 35.4. The van der Waals surface area contributed by atoms with Crippen molar-refractivity contribution in [2.24, 2.45) is 11.3 Å². The standard InChI is InChI=1S/C46H56N4O10/c1-8-42-15-12-17-49-18-16-44(37(42)49)29-20-30(33(56-5)21-32(29)48(4)38(44)46(55,41(54)58-7)39(42)59-25(3)51)45(40(53)57-6)22-26-23-50(24-43(9-2)36(26)60-43)34(52)19-28-27-13-10-11-14-31(27)47-35(28)45/h10-15,20-21,26,34,36-39,47,52,55H,8-9,16-19,22-24H2,1-7H3/t26-,34?,36+,37-,38+,39+,42+,43-,44+,45-,46-/m0/s1. The SMILES string of the molecule is CC[C@]12CN3C[C@H](C[C@](C(=O)OC)(c4cc5c(cc4OC)N(C)[C@H]4[C@@](O)(C(=O)OC)[C@H](OC(C)=O)[C@]6(CC)C=CCN7CC[C@]54[C@@H]76)c4[nH]c5ccccc5c4CC3O)[C@H]1O2. The number of aromatic amines is 1. The molecular weight excluding hydrogens is 769 g/mol. The predicted octanol–water partition coefficient (Wildman–Crippen LogP) is 3.33. The van der Waals surface area contributed by atoms with Crippen LogP contribution in [0.5, 0.6) is 5.75 Å². The number of aromatic nitrogens is 1. The number of esters is 3. The van der Waals surface area contributed by atoms with Gasteiger partial charge in [0.2, 0.25) is 5.60 Å². The number of nitrogens with zero attached hydrogens (tertiary/aromatic N) is 3. The van der Waals surface area contributed by atoms with Crippen LogP contribution in [0.3, 0.4) is 0 Å². The Morgan fingerprint density at radius 2 is 1.77 bits per heavy atom. The average molecular weight is 825 g/mol. The fourth-order valence-electron chi connectivity index (χ4n) is 13.9. The van der Waals surface area contributed by atoms with E-state index in [-0.39, 0.29) is 30.9 Å². The van der Waals surface area contributed by atoms with E-state index in [0.717, 1.165) is 34.1 Å². The number of carbonyl (C=O) groups excluding carboxylic acids is 3. The number of ether oxygens (including phenoxy) is 5. The van der Waals surface area contributed by atoms with Crippen LogP contribution in [0, 0.1) is 11.3 Å². The number of benzene rings is 2. The van der Waals surface area contributed by atoms with Crippen LogP contribution in [0.1, 0.15) is 68.8 Å². The molecule has 60 heavy (non-hydrogen) atoms. The van der Waals surface area contributed by atoms with E-state index in [1.54, 1.807) is 7.11 Å². The summed E-state index contributed by atoms with van der Waals surface area (Å²) in [5.41, 5.74) is -1.75. The normalized spacial score (nSPS) is 39.5. The van der Waals surface area contributed by atoms with Gasteiger partial charge in [-0.15, -0.1) is 0 Å². The molecule has 2 unspecified atom stereocenters. The van der Waals surface area contributed by atoms with Crippen LogP contribution < -0.4 is 9.64 Å². The number of aliphatic hydroxyl groups is 2. The summed E-state index contributed by atoms with van der Waals surface area (Å²) in [6.07, 6.45) is 4.15. The van der Waals surface area contributed by atoms with E-state index in [2.05, 4.69) is 27.8 Å². The summed E-state index contributed by atoms with van der Waals surface area (Å²) in [5, 5.41) is 26.3. The second-order valence-corrected chi connectivity index (χ2v) is 18.4. The molecular formula is C46H56N4O10. The Labute approximate surface area is 349 Å². The molecule has 1 aliphatic carbocycles. The third-order valence-corrected chi connectivity index (χ3v) is 16.1. The number of nitrogens with one attached hydrogen (secondary N) is 1. The van der Waals surface area contributed by atoms with E-state index in [1.165, 1.54) is 21.1 Å². The molecule has 7 aliphatic rings. The maximum atomic E-state index is 15.4. The fourth-order valence-corrected chi connectivity index (χ4v) is 13.9. The molecule has 4 fully saturated rings. The van der Waals surface area contributed by atoms with Gasteiger partial charge in [-0.25, -0.2) is 4.79 Å². The van der Waals surface area contributed by atoms with Crippen molar-refractivity contribution in [1.82, 2.24) is 14.8 Å². The highest BCUT2D eigenvalue weighted by molar-refractivity contribution is 5.95. The van der Waals surface area contributed by atoms with Crippen molar-refractivity contribution >= 4 is 34.5 Å². The molecule has 12 atom stereocenters. The number of hydrogen-bond acceptors (Lipinski definition) is 13. The van der Waals surface area contributed by atoms with Gasteiger partial charge >= 0.3 is 17.9 Å². The zero-order valence-corrected chi connectivity index (χ0v) is 35.4. The third kappa shape index (κ3) is 4.74. The molecule has 0 radical (unpaired) electrons. The number of para-hydroxylation sites is 1. The first kappa shape index (κ1) is 39.7. The van der Waals surface area contributed by atoms with Crippen LogP contribution in [-0.4, -0.2) is 139 Å². The number of epoxide rings is 1.